The van der Waals surface area contributed by atoms with Crippen LogP contribution in [-0.4, -0.2) is 43.3 Å². The van der Waals surface area contributed by atoms with Crippen molar-refractivity contribution in [3.63, 3.8) is 0 Å². The molecule has 0 aromatic heterocycles. The van der Waals surface area contributed by atoms with Crippen LogP contribution in [0.1, 0.15) is 43.0 Å². The quantitative estimate of drug-likeness (QED) is 0.826. The van der Waals surface area contributed by atoms with E-state index in [4.69, 9.17) is 16.3 Å². The van der Waals surface area contributed by atoms with Gasteiger partial charge in [0.05, 0.1) is 6.04 Å². The highest BCUT2D eigenvalue weighted by molar-refractivity contribution is 6.30. The molecule has 1 aromatic carbocycles. The molecule has 4 nitrogen and oxygen atoms in total. The number of carbonyl (C=O) groups is 1. The Morgan fingerprint density at radius 2 is 2.21 bits per heavy atom. The van der Waals surface area contributed by atoms with Gasteiger partial charge in [0.2, 0.25) is 0 Å². The van der Waals surface area contributed by atoms with Crippen LogP contribution < -0.4 is 5.32 Å². The van der Waals surface area contributed by atoms with Crippen LogP contribution in [0, 0.1) is 11.8 Å². The fourth-order valence-electron chi connectivity index (χ4n) is 4.49. The molecule has 1 heterocycles. The molecule has 0 spiro atoms. The minimum Gasteiger partial charge on any atom is -0.360 e. The third kappa shape index (κ3) is 3.61. The van der Waals surface area contributed by atoms with Crippen LogP contribution >= 0.6 is 11.6 Å². The van der Waals surface area contributed by atoms with Crippen molar-refractivity contribution >= 4 is 17.5 Å². The second-order valence-electron chi connectivity index (χ2n) is 6.93. The summed E-state index contributed by atoms with van der Waals surface area (Å²) in [6, 6.07) is 7.30. The van der Waals surface area contributed by atoms with E-state index in [1.807, 2.05) is 0 Å². The molecule has 1 aliphatic heterocycles. The predicted octanol–water partition coefficient (Wildman–Crippen LogP) is 3.55. The first-order valence-corrected chi connectivity index (χ1v) is 9.35. The zero-order valence-electron chi connectivity index (χ0n) is 14.5. The van der Waals surface area contributed by atoms with E-state index in [0.29, 0.717) is 16.5 Å². The summed E-state index contributed by atoms with van der Waals surface area (Å²) < 4.78 is 5.73. The highest BCUT2D eigenvalue weighted by atomic mass is 35.5. The Bertz CT molecular complexity index is 580. The molecular formula is C19H27ClN2O2. The Hall–Kier alpha value is -1.10. The number of fused-ring (bicyclic) bond motifs is 1. The summed E-state index contributed by atoms with van der Waals surface area (Å²) in [6.07, 6.45) is 4.87. The normalized spacial score (nSPS) is 28.4. The Morgan fingerprint density at radius 3 is 2.92 bits per heavy atom. The Labute approximate surface area is 149 Å². The standard InChI is InChI=1S/C19H27ClN2O2/c1-3-22-12-14-7-4-5-10-16(14)17(22)19(24-2)21-18(23)13-8-6-9-15(20)11-13/h6,8-9,11,14,16-17,19H,3-5,7,10,12H2,1-2H3,(H,21,23). The number of likely N-dealkylation sites (tertiary alicyclic amines) is 1. The number of amides is 1. The van der Waals surface area contributed by atoms with Gasteiger partial charge in [0.25, 0.3) is 5.91 Å². The second-order valence-corrected chi connectivity index (χ2v) is 7.36. The largest absolute Gasteiger partial charge is 0.360 e. The number of ether oxygens (including phenoxy) is 1. The average molecular weight is 351 g/mol. The first-order chi connectivity index (χ1) is 11.6. The molecule has 1 saturated carbocycles. The SMILES string of the molecule is CCN1CC2CCCCC2C1C(NC(=O)c1cccc(Cl)c1)OC. The molecular weight excluding hydrogens is 324 g/mol. The van der Waals surface area contributed by atoms with E-state index >= 15 is 0 Å². The number of nitrogens with one attached hydrogen (secondary N) is 1. The predicted molar refractivity (Wildman–Crippen MR) is 96.2 cm³/mol. The van der Waals surface area contributed by atoms with Crippen molar-refractivity contribution in [3.05, 3.63) is 34.9 Å². The second kappa shape index (κ2) is 7.85. The first kappa shape index (κ1) is 17.7. The van der Waals surface area contributed by atoms with Crippen LogP contribution in [0.5, 0.6) is 0 Å². The van der Waals surface area contributed by atoms with Crippen LogP contribution in [0.2, 0.25) is 5.02 Å². The number of halogens is 1. The third-order valence-electron chi connectivity index (χ3n) is 5.63. The number of hydrogen-bond acceptors (Lipinski definition) is 3. The molecule has 2 fully saturated rings. The van der Waals surface area contributed by atoms with E-state index in [1.165, 1.54) is 25.7 Å². The van der Waals surface area contributed by atoms with Crippen LogP contribution in [-0.2, 0) is 4.74 Å². The number of likely N-dealkylation sites (N-methyl/N-ethyl adjacent to an activating group) is 1. The number of hydrogen-bond donors (Lipinski definition) is 1. The van der Waals surface area contributed by atoms with Gasteiger partial charge in [-0.15, -0.1) is 0 Å². The monoisotopic (exact) mass is 350 g/mol. The maximum Gasteiger partial charge on any atom is 0.253 e. The van der Waals surface area contributed by atoms with Crippen molar-refractivity contribution in [1.29, 1.82) is 0 Å². The lowest BCUT2D eigenvalue weighted by Crippen LogP contribution is -2.52. The van der Waals surface area contributed by atoms with Gasteiger partial charge in [0, 0.05) is 24.2 Å². The summed E-state index contributed by atoms with van der Waals surface area (Å²) in [6.45, 7) is 4.30. The van der Waals surface area contributed by atoms with Crippen molar-refractivity contribution in [2.45, 2.75) is 44.9 Å². The maximum absolute atomic E-state index is 12.6. The summed E-state index contributed by atoms with van der Waals surface area (Å²) >= 11 is 6.00. The molecule has 24 heavy (non-hydrogen) atoms. The molecule has 1 aliphatic carbocycles. The molecule has 1 saturated heterocycles. The molecule has 0 radical (unpaired) electrons. The van der Waals surface area contributed by atoms with Crippen LogP contribution in [0.4, 0.5) is 0 Å². The molecule has 5 heteroatoms. The maximum atomic E-state index is 12.6. The molecule has 1 N–H and O–H groups in total. The molecule has 3 rings (SSSR count). The molecule has 4 atom stereocenters. The van der Waals surface area contributed by atoms with Gasteiger partial charge in [0.15, 0.2) is 0 Å². The Kier molecular flexibility index (Phi) is 5.80. The van der Waals surface area contributed by atoms with Crippen LogP contribution in [0.25, 0.3) is 0 Å². The lowest BCUT2D eigenvalue weighted by molar-refractivity contribution is -0.00623. The van der Waals surface area contributed by atoms with Gasteiger partial charge in [-0.05, 0) is 49.4 Å². The Morgan fingerprint density at radius 1 is 1.42 bits per heavy atom. The number of benzene rings is 1. The van der Waals surface area contributed by atoms with Crippen molar-refractivity contribution in [2.24, 2.45) is 11.8 Å². The summed E-state index contributed by atoms with van der Waals surface area (Å²) in [4.78, 5) is 15.1. The van der Waals surface area contributed by atoms with Crippen molar-refractivity contribution in [1.82, 2.24) is 10.2 Å². The van der Waals surface area contributed by atoms with Gasteiger partial charge >= 0.3 is 0 Å². The van der Waals surface area contributed by atoms with Gasteiger partial charge in [-0.25, -0.2) is 0 Å². The van der Waals surface area contributed by atoms with Gasteiger partial charge < -0.3 is 10.1 Å². The van der Waals surface area contributed by atoms with Gasteiger partial charge in [-0.2, -0.15) is 0 Å². The average Bonchev–Trinajstić information content (AvgIpc) is 2.98. The zero-order valence-corrected chi connectivity index (χ0v) is 15.3. The van der Waals surface area contributed by atoms with Crippen molar-refractivity contribution in [3.8, 4) is 0 Å². The minimum absolute atomic E-state index is 0.125. The lowest BCUT2D eigenvalue weighted by Gasteiger charge is -2.35. The molecule has 1 aromatic rings. The van der Waals surface area contributed by atoms with E-state index in [1.54, 1.807) is 31.4 Å². The summed E-state index contributed by atoms with van der Waals surface area (Å²) in [5.74, 6) is 1.23. The molecule has 2 aliphatic rings. The van der Waals surface area contributed by atoms with E-state index < -0.39 is 0 Å². The van der Waals surface area contributed by atoms with E-state index in [9.17, 15) is 4.79 Å². The summed E-state index contributed by atoms with van der Waals surface area (Å²) in [5, 5.41) is 3.66. The minimum atomic E-state index is -0.287. The molecule has 1 amide bonds. The number of methoxy groups -OCH3 is 1. The topological polar surface area (TPSA) is 41.6 Å². The van der Waals surface area contributed by atoms with Gasteiger partial charge in [-0.3, -0.25) is 9.69 Å². The fourth-order valence-corrected chi connectivity index (χ4v) is 4.68. The number of carbonyl (C=O) groups excluding carboxylic acids is 1. The van der Waals surface area contributed by atoms with Crippen LogP contribution in [0.15, 0.2) is 24.3 Å². The molecule has 0 bridgehead atoms. The van der Waals surface area contributed by atoms with Crippen molar-refractivity contribution < 1.29 is 9.53 Å². The van der Waals surface area contributed by atoms with E-state index in [-0.39, 0.29) is 18.2 Å². The third-order valence-corrected chi connectivity index (χ3v) is 5.86. The lowest BCUT2D eigenvalue weighted by atomic mass is 9.78. The van der Waals surface area contributed by atoms with Gasteiger partial charge in [0.1, 0.15) is 6.23 Å². The molecule has 4 unspecified atom stereocenters. The highest BCUT2D eigenvalue weighted by Crippen LogP contribution is 2.41. The summed E-state index contributed by atoms with van der Waals surface area (Å²) in [5.41, 5.74) is 0.575. The zero-order chi connectivity index (χ0) is 17.1. The number of rotatable bonds is 5. The van der Waals surface area contributed by atoms with Crippen LogP contribution in [0.3, 0.4) is 0 Å². The summed E-state index contributed by atoms with van der Waals surface area (Å²) in [7, 11) is 1.69. The molecule has 132 valence electrons. The number of nitrogens with zero attached hydrogens (tertiary/aromatic N) is 1. The Balaban J connectivity index is 1.75. The van der Waals surface area contributed by atoms with Crippen molar-refractivity contribution in [2.75, 3.05) is 20.2 Å². The van der Waals surface area contributed by atoms with Gasteiger partial charge in [-0.1, -0.05) is 37.4 Å². The smallest absolute Gasteiger partial charge is 0.253 e. The fraction of sp³-hybridized carbons (Fsp3) is 0.632. The van der Waals surface area contributed by atoms with E-state index in [2.05, 4.69) is 17.1 Å². The van der Waals surface area contributed by atoms with E-state index in [0.717, 1.165) is 19.0 Å². The highest BCUT2D eigenvalue weighted by Gasteiger charge is 2.46. The first-order valence-electron chi connectivity index (χ1n) is 8.97.